The van der Waals surface area contributed by atoms with Crippen LogP contribution in [-0.2, 0) is 20.2 Å². The predicted octanol–water partition coefficient (Wildman–Crippen LogP) is 1.90. The number of nitrogens with zero attached hydrogens (tertiary/aromatic N) is 1. The van der Waals surface area contributed by atoms with Gasteiger partial charge in [0.2, 0.25) is 15.9 Å². The van der Waals surface area contributed by atoms with Gasteiger partial charge in [-0.1, -0.05) is 18.2 Å². The van der Waals surface area contributed by atoms with Crippen LogP contribution in [-0.4, -0.2) is 49.6 Å². The monoisotopic (exact) mass is 392 g/mol. The van der Waals surface area contributed by atoms with E-state index in [2.05, 4.69) is 25.2 Å². The molecule has 1 aromatic carbocycles. The highest BCUT2D eigenvalue weighted by atomic mass is 32.2. The van der Waals surface area contributed by atoms with Gasteiger partial charge >= 0.3 is 0 Å². The van der Waals surface area contributed by atoms with Crippen LogP contribution in [0.2, 0.25) is 0 Å². The first-order valence-electron chi connectivity index (χ1n) is 9.71. The molecule has 7 heteroatoms. The van der Waals surface area contributed by atoms with E-state index in [1.807, 2.05) is 18.2 Å². The lowest BCUT2D eigenvalue weighted by molar-refractivity contribution is -0.123. The molecule has 1 aromatic rings. The molecular weight excluding hydrogens is 364 g/mol. The summed E-state index contributed by atoms with van der Waals surface area (Å²) in [5, 5.41) is 3.07. The molecule has 0 radical (unpaired) electrons. The van der Waals surface area contributed by atoms with Crippen LogP contribution in [0.1, 0.15) is 39.2 Å². The third-order valence-corrected chi connectivity index (χ3v) is 8.00. The maximum absolute atomic E-state index is 12.8. The van der Waals surface area contributed by atoms with E-state index in [0.717, 1.165) is 24.2 Å². The van der Waals surface area contributed by atoms with Gasteiger partial charge in [-0.2, -0.15) is 0 Å². The van der Waals surface area contributed by atoms with E-state index < -0.39 is 10.0 Å². The minimum Gasteiger partial charge on any atom is -0.488 e. The van der Waals surface area contributed by atoms with Gasteiger partial charge in [0.25, 0.3) is 0 Å². The molecule has 6 nitrogen and oxygen atoms in total. The quantitative estimate of drug-likeness (QED) is 0.830. The first-order chi connectivity index (χ1) is 12.7. The van der Waals surface area contributed by atoms with Crippen LogP contribution < -0.4 is 10.1 Å². The van der Waals surface area contributed by atoms with Gasteiger partial charge in [-0.15, -0.1) is 0 Å². The van der Waals surface area contributed by atoms with E-state index in [9.17, 15) is 13.2 Å². The highest BCUT2D eigenvalue weighted by Crippen LogP contribution is 2.63. The first-order valence-corrected chi connectivity index (χ1v) is 11.3. The fourth-order valence-electron chi connectivity index (χ4n) is 4.73. The number of hydrogen-bond acceptors (Lipinski definition) is 4. The normalized spacial score (nSPS) is 29.5. The Morgan fingerprint density at radius 2 is 2.00 bits per heavy atom. The number of nitrogens with one attached hydrogen (secondary N) is 1. The number of para-hydroxylation sites is 1. The van der Waals surface area contributed by atoms with Crippen LogP contribution in [0.25, 0.3) is 0 Å². The van der Waals surface area contributed by atoms with E-state index in [4.69, 9.17) is 4.74 Å². The molecule has 2 atom stereocenters. The van der Waals surface area contributed by atoms with Crippen molar-refractivity contribution in [2.75, 3.05) is 25.4 Å². The molecule has 1 amide bonds. The van der Waals surface area contributed by atoms with Gasteiger partial charge in [-0.3, -0.25) is 4.79 Å². The van der Waals surface area contributed by atoms with Gasteiger partial charge in [-0.25, -0.2) is 12.7 Å². The van der Waals surface area contributed by atoms with Crippen LogP contribution in [0.15, 0.2) is 24.3 Å². The van der Waals surface area contributed by atoms with E-state index in [-0.39, 0.29) is 34.5 Å². The molecular formula is C20H28N2O4S. The Labute approximate surface area is 161 Å². The standard InChI is InChI=1S/C20H28N2O4S/c1-4-27(24,25)22-11-14(12-22)10-21-18(23)16-9-20(16)13-19(2,3)26-17-8-6-5-7-15(17)20/h5-8,14,16H,4,9-13H2,1-3H3,(H,21,23)/t16-,20+/m1/s1. The van der Waals surface area contributed by atoms with Gasteiger partial charge < -0.3 is 10.1 Å². The zero-order valence-corrected chi connectivity index (χ0v) is 17.0. The van der Waals surface area contributed by atoms with Crippen LogP contribution in [0.4, 0.5) is 0 Å². The molecule has 1 spiro atoms. The number of ether oxygens (including phenoxy) is 1. The van der Waals surface area contributed by atoms with Gasteiger partial charge in [0, 0.05) is 42.4 Å². The fraction of sp³-hybridized carbons (Fsp3) is 0.650. The Morgan fingerprint density at radius 3 is 2.70 bits per heavy atom. The van der Waals surface area contributed by atoms with Crippen molar-refractivity contribution in [1.29, 1.82) is 0 Å². The molecule has 27 heavy (non-hydrogen) atoms. The van der Waals surface area contributed by atoms with Gasteiger partial charge in [0.05, 0.1) is 5.75 Å². The zero-order valence-electron chi connectivity index (χ0n) is 16.2. The highest BCUT2D eigenvalue weighted by Gasteiger charge is 2.63. The lowest BCUT2D eigenvalue weighted by Gasteiger charge is -2.39. The summed E-state index contributed by atoms with van der Waals surface area (Å²) >= 11 is 0. The van der Waals surface area contributed by atoms with Crippen LogP contribution >= 0.6 is 0 Å². The molecule has 1 saturated heterocycles. The van der Waals surface area contributed by atoms with Crippen molar-refractivity contribution < 1.29 is 17.9 Å². The molecule has 148 valence electrons. The zero-order chi connectivity index (χ0) is 19.4. The maximum atomic E-state index is 12.8. The number of hydrogen-bond donors (Lipinski definition) is 1. The van der Waals surface area contributed by atoms with E-state index >= 15 is 0 Å². The molecule has 0 unspecified atom stereocenters. The molecule has 0 bridgehead atoms. The fourth-order valence-corrected chi connectivity index (χ4v) is 5.97. The Hall–Kier alpha value is -1.60. The molecule has 4 rings (SSSR count). The predicted molar refractivity (Wildman–Crippen MR) is 103 cm³/mol. The van der Waals surface area contributed by atoms with Crippen molar-refractivity contribution in [1.82, 2.24) is 9.62 Å². The third-order valence-electron chi connectivity index (χ3n) is 6.19. The number of carbonyl (C=O) groups is 1. The summed E-state index contributed by atoms with van der Waals surface area (Å²) in [6.45, 7) is 7.38. The Kier molecular flexibility index (Phi) is 4.31. The molecule has 1 saturated carbocycles. The summed E-state index contributed by atoms with van der Waals surface area (Å²) in [6, 6.07) is 8.05. The molecule has 2 fully saturated rings. The third kappa shape index (κ3) is 3.25. The lowest BCUT2D eigenvalue weighted by atomic mass is 9.80. The number of carbonyl (C=O) groups excluding carboxylic acids is 1. The summed E-state index contributed by atoms with van der Waals surface area (Å²) in [7, 11) is -3.10. The van der Waals surface area contributed by atoms with Crippen LogP contribution in [0, 0.1) is 11.8 Å². The average molecular weight is 393 g/mol. The van der Waals surface area contributed by atoms with Gasteiger partial charge in [0.1, 0.15) is 11.4 Å². The van der Waals surface area contributed by atoms with Gasteiger partial charge in [-0.05, 0) is 39.7 Å². The van der Waals surface area contributed by atoms with Crippen LogP contribution in [0.5, 0.6) is 5.75 Å². The topological polar surface area (TPSA) is 75.7 Å². The Bertz CT molecular complexity index is 860. The van der Waals surface area contributed by atoms with Crippen molar-refractivity contribution >= 4 is 15.9 Å². The summed E-state index contributed by atoms with van der Waals surface area (Å²) in [4.78, 5) is 12.8. The number of benzene rings is 1. The molecule has 2 aliphatic heterocycles. The number of rotatable bonds is 5. The Morgan fingerprint density at radius 1 is 1.30 bits per heavy atom. The second-order valence-electron chi connectivity index (χ2n) is 8.78. The van der Waals surface area contributed by atoms with E-state index in [1.54, 1.807) is 6.92 Å². The smallest absolute Gasteiger partial charge is 0.224 e. The second-order valence-corrected chi connectivity index (χ2v) is 11.0. The van der Waals surface area contributed by atoms with Crippen molar-refractivity contribution in [3.8, 4) is 5.75 Å². The minimum atomic E-state index is -3.10. The first kappa shape index (κ1) is 18.7. The Balaban J connectivity index is 1.37. The summed E-state index contributed by atoms with van der Waals surface area (Å²) in [6.07, 6.45) is 1.69. The van der Waals surface area contributed by atoms with Crippen LogP contribution in [0.3, 0.4) is 0 Å². The molecule has 1 aliphatic carbocycles. The average Bonchev–Trinajstić information content (AvgIpc) is 3.26. The van der Waals surface area contributed by atoms with E-state index in [1.165, 1.54) is 4.31 Å². The molecule has 1 N–H and O–H groups in total. The summed E-state index contributed by atoms with van der Waals surface area (Å²) in [5.74, 6) is 1.29. The largest absolute Gasteiger partial charge is 0.488 e. The van der Waals surface area contributed by atoms with Gasteiger partial charge in [0.15, 0.2) is 0 Å². The highest BCUT2D eigenvalue weighted by molar-refractivity contribution is 7.89. The van der Waals surface area contributed by atoms with E-state index in [0.29, 0.717) is 19.6 Å². The molecule has 3 aliphatic rings. The molecule has 2 heterocycles. The number of fused-ring (bicyclic) bond motifs is 2. The van der Waals surface area contributed by atoms with Crippen molar-refractivity contribution in [3.05, 3.63) is 29.8 Å². The number of amides is 1. The second kappa shape index (κ2) is 6.21. The summed E-state index contributed by atoms with van der Waals surface area (Å²) in [5.41, 5.74) is 0.736. The van der Waals surface area contributed by atoms with Crippen molar-refractivity contribution in [2.45, 2.75) is 44.6 Å². The molecule has 0 aromatic heterocycles. The summed E-state index contributed by atoms with van der Waals surface area (Å²) < 4.78 is 31.2. The lowest BCUT2D eigenvalue weighted by Crippen LogP contribution is -2.54. The SMILES string of the molecule is CCS(=O)(=O)N1CC(CNC(=O)[C@H]2C[C@@]23CC(C)(C)Oc2ccccc23)C1. The minimum absolute atomic E-state index is 0.0302. The number of sulfonamides is 1. The van der Waals surface area contributed by atoms with Crippen molar-refractivity contribution in [3.63, 3.8) is 0 Å². The maximum Gasteiger partial charge on any atom is 0.224 e. The van der Waals surface area contributed by atoms with Crippen molar-refractivity contribution in [2.24, 2.45) is 11.8 Å².